The molecule has 0 aromatic heterocycles. The van der Waals surface area contributed by atoms with E-state index in [0.29, 0.717) is 5.92 Å². The minimum atomic E-state index is -0.284. The molecule has 0 fully saturated rings. The normalized spacial score (nSPS) is 20.5. The van der Waals surface area contributed by atoms with Gasteiger partial charge in [-0.15, -0.1) is 0 Å². The fourth-order valence-corrected chi connectivity index (χ4v) is 10.9. The number of benzene rings is 6. The Morgan fingerprint density at radius 1 is 0.607 bits per heavy atom. The van der Waals surface area contributed by atoms with Crippen molar-refractivity contribution < 1.29 is 0 Å². The van der Waals surface area contributed by atoms with Crippen molar-refractivity contribution in [3.8, 4) is 22.3 Å². The topological polar surface area (TPSA) is 3.24 Å². The first-order chi connectivity index (χ1) is 27.1. The lowest BCUT2D eigenvalue weighted by atomic mass is 9.69. The number of anilines is 2. The summed E-state index contributed by atoms with van der Waals surface area (Å²) in [6.45, 7) is 15.6. The number of hydrogen-bond donors (Lipinski definition) is 0. The molecule has 274 valence electrons. The molecule has 0 bridgehead atoms. The molecule has 1 heteroatoms. The van der Waals surface area contributed by atoms with Crippen LogP contribution in [0, 0.1) is 5.92 Å². The molecule has 2 unspecified atom stereocenters. The molecule has 1 spiro atoms. The molecule has 0 heterocycles. The van der Waals surface area contributed by atoms with Crippen LogP contribution >= 0.6 is 0 Å². The Morgan fingerprint density at radius 2 is 1.18 bits per heavy atom. The maximum absolute atomic E-state index is 4.07. The third kappa shape index (κ3) is 4.67. The minimum absolute atomic E-state index is 0.0219. The van der Waals surface area contributed by atoms with Crippen LogP contribution in [0.5, 0.6) is 0 Å². The molecule has 0 saturated carbocycles. The third-order valence-corrected chi connectivity index (χ3v) is 13.5. The third-order valence-electron chi connectivity index (χ3n) is 13.5. The zero-order chi connectivity index (χ0) is 38.6. The van der Waals surface area contributed by atoms with Gasteiger partial charge in [0, 0.05) is 34.8 Å². The van der Waals surface area contributed by atoms with Crippen molar-refractivity contribution in [3.63, 3.8) is 0 Å². The Bertz CT molecular complexity index is 2680. The summed E-state index contributed by atoms with van der Waals surface area (Å²) in [5.41, 5.74) is 23.1. The van der Waals surface area contributed by atoms with Crippen molar-refractivity contribution in [2.75, 3.05) is 11.9 Å². The summed E-state index contributed by atoms with van der Waals surface area (Å²) in [6.07, 6.45) is 10.5. The molecule has 5 aliphatic carbocycles. The van der Waals surface area contributed by atoms with Gasteiger partial charge in [-0.3, -0.25) is 0 Å². The van der Waals surface area contributed by atoms with Gasteiger partial charge in [-0.2, -0.15) is 0 Å². The standard InChI is InChI=1S/C40H35N.C15H14/c1-6-26-24-39(3,4)36-23-27(19-20-28(26)36)41(5)37-17-11-16-35-38(37)30-13-8-10-15-33(30)40(35)32-14-9-7-12-29(32)31-22-25(2)18-21-34(31)40;1-15(2)13-9-5-3-7-11(13)12-8-4-6-10-14(12)15/h6-17,19-25H,1,18H2,2-5H3;3-10H,1-2H3. The highest BCUT2D eigenvalue weighted by atomic mass is 15.1. The fraction of sp³-hybridized carbons (Fsp3) is 0.200. The van der Waals surface area contributed by atoms with Crippen LogP contribution in [0.1, 0.15) is 85.5 Å². The maximum atomic E-state index is 4.07. The molecule has 6 aromatic rings. The summed E-state index contributed by atoms with van der Waals surface area (Å²) < 4.78 is 0. The highest BCUT2D eigenvalue weighted by Crippen LogP contribution is 2.66. The first kappa shape index (κ1) is 34.6. The van der Waals surface area contributed by atoms with Crippen LogP contribution in [0.15, 0.2) is 170 Å². The average molecular weight is 724 g/mol. The van der Waals surface area contributed by atoms with E-state index in [2.05, 4.69) is 205 Å². The van der Waals surface area contributed by atoms with Gasteiger partial charge in [0.15, 0.2) is 0 Å². The Balaban J connectivity index is 0.000000214. The Morgan fingerprint density at radius 3 is 1.84 bits per heavy atom. The SMILES string of the molecule is C=CC1=CC(C)(C)c2cc(N(C)c3cccc4c3-c3ccccc3C43C4=CCC(C)C=C4c4ccccc43)ccc21.CC1(C)c2ccccc2-c2ccccc21. The van der Waals surface area contributed by atoms with Crippen molar-refractivity contribution >= 4 is 22.5 Å². The van der Waals surface area contributed by atoms with Gasteiger partial charge in [-0.05, 0) is 108 Å². The fourth-order valence-electron chi connectivity index (χ4n) is 10.9. The lowest BCUT2D eigenvalue weighted by Crippen LogP contribution is -2.26. The van der Waals surface area contributed by atoms with Crippen molar-refractivity contribution in [1.82, 2.24) is 0 Å². The van der Waals surface area contributed by atoms with E-state index in [9.17, 15) is 0 Å². The molecule has 6 aromatic carbocycles. The van der Waals surface area contributed by atoms with Crippen molar-refractivity contribution in [2.45, 2.75) is 57.3 Å². The lowest BCUT2D eigenvalue weighted by molar-refractivity contribution is 0.660. The first-order valence-corrected chi connectivity index (χ1v) is 20.3. The van der Waals surface area contributed by atoms with Gasteiger partial charge in [-0.1, -0.05) is 181 Å². The largest absolute Gasteiger partial charge is 0.344 e. The molecule has 1 nitrogen and oxygen atoms in total. The zero-order valence-electron chi connectivity index (χ0n) is 33.4. The number of allylic oxidation sites excluding steroid dienone is 7. The van der Waals surface area contributed by atoms with Gasteiger partial charge < -0.3 is 4.90 Å². The maximum Gasteiger partial charge on any atom is 0.0723 e. The molecular formula is C55H49N. The molecule has 0 amide bonds. The summed E-state index contributed by atoms with van der Waals surface area (Å²) in [6, 6.07) is 49.6. The van der Waals surface area contributed by atoms with Gasteiger partial charge in [0.05, 0.1) is 5.41 Å². The summed E-state index contributed by atoms with van der Waals surface area (Å²) in [7, 11) is 2.23. The van der Waals surface area contributed by atoms with Crippen LogP contribution in [0.3, 0.4) is 0 Å². The Kier molecular flexibility index (Phi) is 7.59. The molecule has 0 radical (unpaired) electrons. The summed E-state index contributed by atoms with van der Waals surface area (Å²) in [4.78, 5) is 2.39. The number of rotatable bonds is 3. The second kappa shape index (κ2) is 12.3. The van der Waals surface area contributed by atoms with E-state index in [4.69, 9.17) is 0 Å². The molecule has 11 rings (SSSR count). The summed E-state index contributed by atoms with van der Waals surface area (Å²) in [5, 5.41) is 0. The summed E-state index contributed by atoms with van der Waals surface area (Å²) in [5.74, 6) is 0.547. The molecular weight excluding hydrogens is 675 g/mol. The monoisotopic (exact) mass is 723 g/mol. The van der Waals surface area contributed by atoms with Gasteiger partial charge in [0.1, 0.15) is 0 Å². The predicted molar refractivity (Wildman–Crippen MR) is 238 cm³/mol. The second-order valence-corrected chi connectivity index (χ2v) is 17.5. The van der Waals surface area contributed by atoms with E-state index in [1.54, 1.807) is 0 Å². The quantitative estimate of drug-likeness (QED) is 0.176. The van der Waals surface area contributed by atoms with Gasteiger partial charge >= 0.3 is 0 Å². The smallest absolute Gasteiger partial charge is 0.0723 e. The molecule has 0 N–H and O–H groups in total. The Labute approximate surface area is 333 Å². The average Bonchev–Trinajstić information content (AvgIpc) is 3.87. The number of nitrogens with zero attached hydrogens (tertiary/aromatic N) is 1. The highest BCUT2D eigenvalue weighted by molar-refractivity contribution is 6.03. The van der Waals surface area contributed by atoms with Crippen molar-refractivity contribution in [1.29, 1.82) is 0 Å². The van der Waals surface area contributed by atoms with E-state index in [1.807, 2.05) is 6.08 Å². The highest BCUT2D eigenvalue weighted by Gasteiger charge is 2.54. The van der Waals surface area contributed by atoms with Crippen LogP contribution in [-0.2, 0) is 16.2 Å². The Hall–Kier alpha value is -5.92. The predicted octanol–water partition coefficient (Wildman–Crippen LogP) is 14.0. The van der Waals surface area contributed by atoms with E-state index in [1.165, 1.54) is 94.9 Å². The van der Waals surface area contributed by atoms with Crippen molar-refractivity contribution in [3.05, 3.63) is 214 Å². The summed E-state index contributed by atoms with van der Waals surface area (Å²) >= 11 is 0. The second-order valence-electron chi connectivity index (χ2n) is 17.5. The minimum Gasteiger partial charge on any atom is -0.344 e. The zero-order valence-corrected chi connectivity index (χ0v) is 33.4. The van der Waals surface area contributed by atoms with Crippen LogP contribution in [-0.4, -0.2) is 7.05 Å². The van der Waals surface area contributed by atoms with E-state index < -0.39 is 0 Å². The van der Waals surface area contributed by atoms with Crippen LogP contribution in [0.25, 0.3) is 33.4 Å². The van der Waals surface area contributed by atoms with Gasteiger partial charge in [0.2, 0.25) is 0 Å². The van der Waals surface area contributed by atoms with Gasteiger partial charge in [0.25, 0.3) is 0 Å². The first-order valence-electron chi connectivity index (χ1n) is 20.3. The van der Waals surface area contributed by atoms with Crippen LogP contribution < -0.4 is 4.90 Å². The van der Waals surface area contributed by atoms with Crippen LogP contribution in [0.2, 0.25) is 0 Å². The molecule has 5 aliphatic rings. The van der Waals surface area contributed by atoms with Crippen molar-refractivity contribution in [2.24, 2.45) is 5.92 Å². The molecule has 0 aliphatic heterocycles. The number of fused-ring (bicyclic) bond motifs is 14. The molecule has 56 heavy (non-hydrogen) atoms. The molecule has 2 atom stereocenters. The lowest BCUT2D eigenvalue weighted by Gasteiger charge is -2.32. The number of hydrogen-bond acceptors (Lipinski definition) is 1. The van der Waals surface area contributed by atoms with E-state index in [-0.39, 0.29) is 16.2 Å². The van der Waals surface area contributed by atoms with E-state index in [0.717, 1.165) is 6.42 Å². The van der Waals surface area contributed by atoms with Gasteiger partial charge in [-0.25, -0.2) is 0 Å². The van der Waals surface area contributed by atoms with E-state index >= 15 is 0 Å². The van der Waals surface area contributed by atoms with Crippen LogP contribution in [0.4, 0.5) is 11.4 Å². The molecule has 0 saturated heterocycles.